The number of nitrogens with zero attached hydrogens (tertiary/aromatic N) is 2. The van der Waals surface area contributed by atoms with Crippen molar-refractivity contribution in [2.45, 2.75) is 65.1 Å². The second-order valence-corrected chi connectivity index (χ2v) is 6.69. The van der Waals surface area contributed by atoms with Crippen LogP contribution in [0.4, 0.5) is 0 Å². The first-order chi connectivity index (χ1) is 10.2. The molecule has 21 heavy (non-hydrogen) atoms. The largest absolute Gasteiger partial charge is 0.299 e. The summed E-state index contributed by atoms with van der Waals surface area (Å²) in [5, 5.41) is 0. The summed E-state index contributed by atoms with van der Waals surface area (Å²) in [5.74, 6) is 0. The second kappa shape index (κ2) is 8.55. The normalized spacial score (nSPS) is 20.3. The van der Waals surface area contributed by atoms with E-state index in [-0.39, 0.29) is 0 Å². The van der Waals surface area contributed by atoms with Crippen LogP contribution in [0.5, 0.6) is 0 Å². The molecule has 0 aromatic heterocycles. The molecule has 1 aromatic carbocycles. The molecule has 1 aliphatic heterocycles. The Morgan fingerprint density at radius 1 is 1.19 bits per heavy atom. The molecule has 2 heteroatoms. The van der Waals surface area contributed by atoms with Gasteiger partial charge in [-0.1, -0.05) is 43.7 Å². The van der Waals surface area contributed by atoms with E-state index in [1.165, 1.54) is 50.9 Å². The van der Waals surface area contributed by atoms with Gasteiger partial charge in [-0.2, -0.15) is 0 Å². The van der Waals surface area contributed by atoms with Crippen LogP contribution in [-0.4, -0.2) is 41.5 Å². The second-order valence-electron chi connectivity index (χ2n) is 6.69. The van der Waals surface area contributed by atoms with Gasteiger partial charge in [-0.05, 0) is 51.8 Å². The van der Waals surface area contributed by atoms with Crippen LogP contribution >= 0.6 is 0 Å². The third kappa shape index (κ3) is 5.12. The number of hydrogen-bond acceptors (Lipinski definition) is 2. The number of rotatable bonds is 7. The van der Waals surface area contributed by atoms with Crippen LogP contribution in [0.15, 0.2) is 30.3 Å². The minimum atomic E-state index is 0.658. The van der Waals surface area contributed by atoms with Crippen LogP contribution in [0, 0.1) is 0 Å². The first-order valence-corrected chi connectivity index (χ1v) is 8.72. The van der Waals surface area contributed by atoms with Gasteiger partial charge in [0.1, 0.15) is 0 Å². The molecule has 0 saturated carbocycles. The van der Waals surface area contributed by atoms with Crippen molar-refractivity contribution in [2.75, 3.05) is 19.6 Å². The topological polar surface area (TPSA) is 6.48 Å². The predicted octanol–water partition coefficient (Wildman–Crippen LogP) is 4.16. The SMILES string of the molecule is CCCN(CC1CCCCN1Cc1ccccc1)C(C)C. The highest BCUT2D eigenvalue weighted by Gasteiger charge is 2.25. The summed E-state index contributed by atoms with van der Waals surface area (Å²) < 4.78 is 0. The fourth-order valence-corrected chi connectivity index (χ4v) is 3.41. The van der Waals surface area contributed by atoms with Gasteiger partial charge in [0.25, 0.3) is 0 Å². The molecule has 1 aliphatic rings. The molecular weight excluding hydrogens is 256 g/mol. The van der Waals surface area contributed by atoms with E-state index < -0.39 is 0 Å². The van der Waals surface area contributed by atoms with Gasteiger partial charge in [0.2, 0.25) is 0 Å². The highest BCUT2D eigenvalue weighted by molar-refractivity contribution is 5.14. The molecule has 0 N–H and O–H groups in total. The van der Waals surface area contributed by atoms with E-state index >= 15 is 0 Å². The summed E-state index contributed by atoms with van der Waals surface area (Å²) in [4.78, 5) is 5.37. The molecule has 2 rings (SSSR count). The minimum absolute atomic E-state index is 0.658. The van der Waals surface area contributed by atoms with Crippen molar-refractivity contribution < 1.29 is 0 Å². The zero-order valence-electron chi connectivity index (χ0n) is 14.1. The van der Waals surface area contributed by atoms with Gasteiger partial charge in [0.05, 0.1) is 0 Å². The molecule has 2 nitrogen and oxygen atoms in total. The lowest BCUT2D eigenvalue weighted by atomic mass is 10.00. The Morgan fingerprint density at radius 3 is 2.62 bits per heavy atom. The Morgan fingerprint density at radius 2 is 1.95 bits per heavy atom. The lowest BCUT2D eigenvalue weighted by molar-refractivity contribution is 0.0852. The van der Waals surface area contributed by atoms with Gasteiger partial charge in [-0.15, -0.1) is 0 Å². The summed E-state index contributed by atoms with van der Waals surface area (Å²) >= 11 is 0. The molecule has 0 bridgehead atoms. The van der Waals surface area contributed by atoms with Crippen molar-refractivity contribution in [1.29, 1.82) is 0 Å². The van der Waals surface area contributed by atoms with Crippen LogP contribution in [0.3, 0.4) is 0 Å². The Bertz CT molecular complexity index is 388. The lowest BCUT2D eigenvalue weighted by Gasteiger charge is -2.40. The smallest absolute Gasteiger partial charge is 0.0237 e. The molecule has 1 atom stereocenters. The van der Waals surface area contributed by atoms with Gasteiger partial charge in [-0.3, -0.25) is 9.80 Å². The first kappa shape index (κ1) is 16.5. The third-order valence-corrected chi connectivity index (χ3v) is 4.66. The van der Waals surface area contributed by atoms with Gasteiger partial charge in [0, 0.05) is 25.2 Å². The van der Waals surface area contributed by atoms with Crippen LogP contribution < -0.4 is 0 Å². The van der Waals surface area contributed by atoms with Crippen molar-refractivity contribution in [3.63, 3.8) is 0 Å². The first-order valence-electron chi connectivity index (χ1n) is 8.72. The summed E-state index contributed by atoms with van der Waals surface area (Å²) in [6.45, 7) is 11.8. The maximum atomic E-state index is 2.71. The summed E-state index contributed by atoms with van der Waals surface area (Å²) in [6.07, 6.45) is 5.37. The maximum Gasteiger partial charge on any atom is 0.0237 e. The van der Waals surface area contributed by atoms with Crippen molar-refractivity contribution in [1.82, 2.24) is 9.80 Å². The number of benzene rings is 1. The summed E-state index contributed by atoms with van der Waals surface area (Å²) in [5.41, 5.74) is 1.45. The highest BCUT2D eigenvalue weighted by atomic mass is 15.2. The summed E-state index contributed by atoms with van der Waals surface area (Å²) in [6, 6.07) is 12.3. The van der Waals surface area contributed by atoms with Crippen LogP contribution in [-0.2, 0) is 6.54 Å². The molecule has 1 heterocycles. The Hall–Kier alpha value is -0.860. The van der Waals surface area contributed by atoms with E-state index in [4.69, 9.17) is 0 Å². The van der Waals surface area contributed by atoms with E-state index in [1.807, 2.05) is 0 Å². The van der Waals surface area contributed by atoms with E-state index in [2.05, 4.69) is 60.9 Å². The van der Waals surface area contributed by atoms with E-state index in [9.17, 15) is 0 Å². The molecule has 0 spiro atoms. The van der Waals surface area contributed by atoms with Gasteiger partial charge in [-0.25, -0.2) is 0 Å². The molecule has 1 aromatic rings. The van der Waals surface area contributed by atoms with Gasteiger partial charge >= 0.3 is 0 Å². The molecule has 1 fully saturated rings. The molecule has 118 valence electrons. The standard InChI is InChI=1S/C19H32N2/c1-4-13-20(17(2)3)16-19-12-8-9-14-21(19)15-18-10-6-5-7-11-18/h5-7,10-11,17,19H,4,8-9,12-16H2,1-3H3. The molecule has 0 amide bonds. The zero-order valence-corrected chi connectivity index (χ0v) is 14.1. The molecule has 0 radical (unpaired) electrons. The minimum Gasteiger partial charge on any atom is -0.299 e. The monoisotopic (exact) mass is 288 g/mol. The fraction of sp³-hybridized carbons (Fsp3) is 0.684. The zero-order chi connectivity index (χ0) is 15.1. The van der Waals surface area contributed by atoms with Crippen molar-refractivity contribution in [2.24, 2.45) is 0 Å². The third-order valence-electron chi connectivity index (χ3n) is 4.66. The average Bonchev–Trinajstić information content (AvgIpc) is 2.49. The van der Waals surface area contributed by atoms with E-state index in [0.29, 0.717) is 6.04 Å². The molecular formula is C19H32N2. The molecule has 1 saturated heterocycles. The van der Waals surface area contributed by atoms with Gasteiger partial charge in [0.15, 0.2) is 0 Å². The molecule has 1 unspecified atom stereocenters. The number of piperidine rings is 1. The summed E-state index contributed by atoms with van der Waals surface area (Å²) in [7, 11) is 0. The predicted molar refractivity (Wildman–Crippen MR) is 91.5 cm³/mol. The highest BCUT2D eigenvalue weighted by Crippen LogP contribution is 2.21. The van der Waals surface area contributed by atoms with Crippen molar-refractivity contribution in [3.8, 4) is 0 Å². The van der Waals surface area contributed by atoms with Crippen molar-refractivity contribution in [3.05, 3.63) is 35.9 Å². The lowest BCUT2D eigenvalue weighted by Crippen LogP contribution is -2.48. The fourth-order valence-electron chi connectivity index (χ4n) is 3.41. The van der Waals surface area contributed by atoms with E-state index in [1.54, 1.807) is 0 Å². The Kier molecular flexibility index (Phi) is 6.72. The van der Waals surface area contributed by atoms with E-state index in [0.717, 1.165) is 12.6 Å². The number of hydrogen-bond donors (Lipinski definition) is 0. The van der Waals surface area contributed by atoms with Gasteiger partial charge < -0.3 is 0 Å². The Balaban J connectivity index is 1.97. The average molecular weight is 288 g/mol. The molecule has 0 aliphatic carbocycles. The van der Waals surface area contributed by atoms with Crippen LogP contribution in [0.2, 0.25) is 0 Å². The Labute approximate surface area is 131 Å². The maximum absolute atomic E-state index is 2.71. The number of likely N-dealkylation sites (tertiary alicyclic amines) is 1. The van der Waals surface area contributed by atoms with Crippen LogP contribution in [0.1, 0.15) is 52.0 Å². The van der Waals surface area contributed by atoms with Crippen LogP contribution in [0.25, 0.3) is 0 Å². The van der Waals surface area contributed by atoms with Crippen molar-refractivity contribution >= 4 is 0 Å². The quantitative estimate of drug-likeness (QED) is 0.743.